The van der Waals surface area contributed by atoms with Crippen molar-refractivity contribution in [3.05, 3.63) is 0 Å². The van der Waals surface area contributed by atoms with Crippen molar-refractivity contribution in [2.45, 2.75) is 40.5 Å². The molecule has 0 saturated heterocycles. The molecule has 0 fully saturated rings. The van der Waals surface area contributed by atoms with Crippen LogP contribution in [0.15, 0.2) is 0 Å². The molecule has 106 valence electrons. The van der Waals surface area contributed by atoms with Crippen LogP contribution < -0.4 is 5.39 Å². The zero-order valence-corrected chi connectivity index (χ0v) is 10.4. The van der Waals surface area contributed by atoms with Crippen molar-refractivity contribution in [1.29, 1.82) is 0 Å². The van der Waals surface area contributed by atoms with Gasteiger partial charge >= 0.3 is 17.9 Å². The average molecular weight is 263 g/mol. The summed E-state index contributed by atoms with van der Waals surface area (Å²) in [4.78, 5) is 47.1. The molecule has 0 rings (SSSR count). The van der Waals surface area contributed by atoms with Gasteiger partial charge in [-0.3, -0.25) is 0 Å². The van der Waals surface area contributed by atoms with E-state index in [1.807, 2.05) is 0 Å². The van der Waals surface area contributed by atoms with Crippen molar-refractivity contribution in [3.8, 4) is 0 Å². The lowest BCUT2D eigenvalue weighted by Gasteiger charge is -2.12. The molecule has 7 nitrogen and oxygen atoms in total. The molecule has 0 atom stereocenters. The number of carbonyl (C=O) groups is 3. The Labute approximate surface area is 108 Å². The van der Waals surface area contributed by atoms with E-state index in [1.165, 1.54) is 0 Å². The maximum atomic E-state index is 11.3. The number of hydrogen-bond acceptors (Lipinski definition) is 6. The molecule has 0 aliphatic carbocycles. The first-order chi connectivity index (χ1) is 7.90. The molecule has 0 heterocycles. The minimum absolute atomic E-state index is 0. The highest BCUT2D eigenvalue weighted by Crippen LogP contribution is 1.92. The van der Waals surface area contributed by atoms with Crippen molar-refractivity contribution in [1.82, 2.24) is 0 Å². The van der Waals surface area contributed by atoms with Gasteiger partial charge in [0.25, 0.3) is 0 Å². The second-order valence-corrected chi connectivity index (χ2v) is 3.48. The first-order valence-corrected chi connectivity index (χ1v) is 5.40. The summed E-state index contributed by atoms with van der Waals surface area (Å²) in [6.07, 6.45) is 0.152. The topological polar surface area (TPSA) is 83.3 Å². The van der Waals surface area contributed by atoms with E-state index in [0.717, 1.165) is 0 Å². The summed E-state index contributed by atoms with van der Waals surface area (Å²) in [5, 5.41) is -0.720. The SMILES string of the molecule is CCC(=O)O[NH+](OC(=O)CC)OC(=O)C(C)C.[BH4-]. The van der Waals surface area contributed by atoms with E-state index < -0.39 is 29.2 Å². The lowest BCUT2D eigenvalue weighted by molar-refractivity contribution is -1.34. The van der Waals surface area contributed by atoms with Gasteiger partial charge in [-0.1, -0.05) is 36.1 Å². The Morgan fingerprint density at radius 2 is 1.33 bits per heavy atom. The van der Waals surface area contributed by atoms with Gasteiger partial charge in [0.1, 0.15) is 0 Å². The smallest absolute Gasteiger partial charge is 0.245 e. The Bertz CT molecular complexity index is 276. The molecule has 18 heavy (non-hydrogen) atoms. The third kappa shape index (κ3) is 7.67. The van der Waals surface area contributed by atoms with Crippen LogP contribution in [0.2, 0.25) is 0 Å². The summed E-state index contributed by atoms with van der Waals surface area (Å²) in [5.41, 5.74) is 0. The lowest BCUT2D eigenvalue weighted by atomic mass is 10.2. The molecule has 8 heteroatoms. The maximum Gasteiger partial charge on any atom is 0.380 e. The van der Waals surface area contributed by atoms with E-state index in [-0.39, 0.29) is 21.3 Å². The normalized spacial score (nSPS) is 9.67. The minimum atomic E-state index is -0.720. The van der Waals surface area contributed by atoms with Crippen molar-refractivity contribution < 1.29 is 34.3 Å². The van der Waals surface area contributed by atoms with Gasteiger partial charge in [0.05, 0.1) is 5.92 Å². The average Bonchev–Trinajstić information content (AvgIpc) is 2.28. The van der Waals surface area contributed by atoms with E-state index in [0.29, 0.717) is 0 Å². The number of carbonyl (C=O) groups excluding carboxylic acids is 3. The molecule has 0 saturated carbocycles. The predicted molar refractivity (Wildman–Crippen MR) is 66.0 cm³/mol. The Morgan fingerprint density at radius 1 is 0.944 bits per heavy atom. The van der Waals surface area contributed by atoms with Crippen molar-refractivity contribution in [3.63, 3.8) is 0 Å². The minimum Gasteiger partial charge on any atom is -0.245 e. The number of rotatable bonds is 6. The maximum absolute atomic E-state index is 11.3. The third-order valence-corrected chi connectivity index (χ3v) is 1.63. The zero-order valence-electron chi connectivity index (χ0n) is 10.4. The molecule has 0 aromatic heterocycles. The van der Waals surface area contributed by atoms with E-state index in [1.54, 1.807) is 27.7 Å². The summed E-state index contributed by atoms with van der Waals surface area (Å²) in [6, 6.07) is 0. The largest absolute Gasteiger partial charge is 0.380 e. The van der Waals surface area contributed by atoms with Gasteiger partial charge in [-0.05, 0) is 0 Å². The molecule has 0 aliphatic heterocycles. The third-order valence-electron chi connectivity index (χ3n) is 1.63. The fourth-order valence-corrected chi connectivity index (χ4v) is 0.593. The molecule has 0 aromatic carbocycles. The second kappa shape index (κ2) is 9.46. The van der Waals surface area contributed by atoms with Crippen LogP contribution in [0.25, 0.3) is 0 Å². The second-order valence-electron chi connectivity index (χ2n) is 3.48. The van der Waals surface area contributed by atoms with Crippen molar-refractivity contribution >= 4 is 26.3 Å². The number of quaternary nitrogens is 1. The Kier molecular flexibility index (Phi) is 9.88. The Hall–Kier alpha value is -1.57. The van der Waals surface area contributed by atoms with Crippen LogP contribution >= 0.6 is 0 Å². The fraction of sp³-hybridized carbons (Fsp3) is 0.700. The van der Waals surface area contributed by atoms with Crippen LogP contribution in [0.5, 0.6) is 0 Å². The molecule has 0 aliphatic rings. The van der Waals surface area contributed by atoms with Crippen molar-refractivity contribution in [2.75, 3.05) is 0 Å². The highest BCUT2D eigenvalue weighted by Gasteiger charge is 2.26. The molecular formula is C10H22BNO6. The fourth-order valence-electron chi connectivity index (χ4n) is 0.593. The monoisotopic (exact) mass is 263 g/mol. The van der Waals surface area contributed by atoms with Crippen molar-refractivity contribution in [2.24, 2.45) is 5.92 Å². The number of nitrogens with one attached hydrogen (secondary N) is 1. The van der Waals surface area contributed by atoms with Crippen LogP contribution in [-0.2, 0) is 28.9 Å². The van der Waals surface area contributed by atoms with E-state index in [9.17, 15) is 14.4 Å². The number of hydrogen-bond donors (Lipinski definition) is 1. The summed E-state index contributed by atoms with van der Waals surface area (Å²) in [6.45, 7) is 6.32. The summed E-state index contributed by atoms with van der Waals surface area (Å²) < 4.78 is 0. The van der Waals surface area contributed by atoms with E-state index >= 15 is 0 Å². The Balaban J connectivity index is 0. The van der Waals surface area contributed by atoms with Crippen LogP contribution in [0.1, 0.15) is 40.5 Å². The van der Waals surface area contributed by atoms with Crippen LogP contribution in [0, 0.1) is 5.92 Å². The van der Waals surface area contributed by atoms with Crippen LogP contribution in [0.4, 0.5) is 0 Å². The summed E-state index contributed by atoms with van der Waals surface area (Å²) in [7, 11) is 0. The highest BCUT2D eigenvalue weighted by atomic mass is 17.2. The molecule has 0 bridgehead atoms. The van der Waals surface area contributed by atoms with Gasteiger partial charge in [0.2, 0.25) is 5.39 Å². The molecule has 0 unspecified atom stereocenters. The summed E-state index contributed by atoms with van der Waals surface area (Å²) in [5.74, 6) is -2.38. The quantitative estimate of drug-likeness (QED) is 0.453. The van der Waals surface area contributed by atoms with Gasteiger partial charge in [0.15, 0.2) is 0 Å². The zero-order chi connectivity index (χ0) is 13.4. The summed E-state index contributed by atoms with van der Waals surface area (Å²) >= 11 is 0. The van der Waals surface area contributed by atoms with Gasteiger partial charge in [-0.2, -0.15) is 14.5 Å². The Morgan fingerprint density at radius 3 is 1.61 bits per heavy atom. The van der Waals surface area contributed by atoms with Gasteiger partial charge in [-0.25, -0.2) is 14.4 Å². The molecule has 0 amide bonds. The van der Waals surface area contributed by atoms with E-state index in [4.69, 9.17) is 0 Å². The standard InChI is InChI=1S/C10H18NO6.BH4/c1-5-8(12)15-11(16-9(13)6-2)17-10(14)7(3)4;/h7,11H,5-6H2,1-4H3;1H4/q+1;-1. The van der Waals surface area contributed by atoms with Crippen LogP contribution in [0.3, 0.4) is 0 Å². The molecule has 0 aromatic rings. The lowest BCUT2D eigenvalue weighted by Crippen LogP contribution is -3.10. The molecular weight excluding hydrogens is 241 g/mol. The van der Waals surface area contributed by atoms with Gasteiger partial charge in [-0.15, -0.1) is 0 Å². The molecule has 1 N–H and O–H groups in total. The molecule has 0 spiro atoms. The van der Waals surface area contributed by atoms with Gasteiger partial charge < -0.3 is 0 Å². The van der Waals surface area contributed by atoms with Gasteiger partial charge in [0, 0.05) is 12.8 Å². The first-order valence-electron chi connectivity index (χ1n) is 5.40. The molecule has 0 radical (unpaired) electrons. The van der Waals surface area contributed by atoms with Crippen LogP contribution in [-0.4, -0.2) is 26.3 Å². The highest BCUT2D eigenvalue weighted by molar-refractivity contribution is 5.75. The first kappa shape index (κ1) is 18.8. The predicted octanol–water partition coefficient (Wildman–Crippen LogP) is -1.73. The van der Waals surface area contributed by atoms with E-state index in [2.05, 4.69) is 14.5 Å².